The number of carbonyl (C=O) groups excluding carboxylic acids is 1. The van der Waals surface area contributed by atoms with Crippen LogP contribution in [0, 0.1) is 0 Å². The van der Waals surface area contributed by atoms with Crippen LogP contribution >= 0.6 is 0 Å². The summed E-state index contributed by atoms with van der Waals surface area (Å²) in [6.07, 6.45) is 0. The van der Waals surface area contributed by atoms with Crippen molar-refractivity contribution in [1.29, 1.82) is 0 Å². The van der Waals surface area contributed by atoms with Crippen molar-refractivity contribution in [2.75, 3.05) is 0 Å². The number of hydrogen-bond donors (Lipinski definition) is 2. The van der Waals surface area contributed by atoms with E-state index >= 15 is 0 Å². The first-order chi connectivity index (χ1) is 11.2. The number of fused-ring (bicyclic) bond motifs is 3. The molecule has 2 aromatic carbocycles. The molecule has 6 heteroatoms. The predicted molar refractivity (Wildman–Crippen MR) is 88.8 cm³/mol. The summed E-state index contributed by atoms with van der Waals surface area (Å²) in [5.41, 5.74) is 6.08. The zero-order chi connectivity index (χ0) is 16.0. The molecular weight excluding hydrogens is 290 g/mol. The number of nitrogens with two attached hydrogens (primary N) is 1. The van der Waals surface area contributed by atoms with Gasteiger partial charge < -0.3 is 4.57 Å². The zero-order valence-corrected chi connectivity index (χ0v) is 12.5. The highest BCUT2D eigenvalue weighted by Crippen LogP contribution is 2.29. The van der Waals surface area contributed by atoms with Crippen LogP contribution in [0.1, 0.15) is 10.5 Å². The van der Waals surface area contributed by atoms with Gasteiger partial charge in [-0.15, -0.1) is 0 Å². The lowest BCUT2D eigenvalue weighted by Gasteiger charge is -2.04. The maximum Gasteiger partial charge on any atom is 0.284 e. The van der Waals surface area contributed by atoms with Gasteiger partial charge in [-0.1, -0.05) is 42.5 Å². The van der Waals surface area contributed by atoms with E-state index in [-0.39, 0.29) is 5.91 Å². The Balaban J connectivity index is 2.16. The molecule has 4 rings (SSSR count). The summed E-state index contributed by atoms with van der Waals surface area (Å²) < 4.78 is 3.81. The first kappa shape index (κ1) is 13.5. The van der Waals surface area contributed by atoms with Crippen molar-refractivity contribution in [3.8, 4) is 11.3 Å². The van der Waals surface area contributed by atoms with Crippen molar-refractivity contribution >= 4 is 22.7 Å². The van der Waals surface area contributed by atoms with Crippen LogP contribution in [0.5, 0.6) is 0 Å². The maximum absolute atomic E-state index is 12.4. The van der Waals surface area contributed by atoms with Gasteiger partial charge in [-0.05, 0) is 12.1 Å². The molecule has 0 aliphatic rings. The molecule has 23 heavy (non-hydrogen) atoms. The molecule has 0 aliphatic heterocycles. The van der Waals surface area contributed by atoms with Crippen molar-refractivity contribution < 1.29 is 4.79 Å². The van der Waals surface area contributed by atoms with Gasteiger partial charge in [0.05, 0.1) is 11.0 Å². The molecule has 0 spiro atoms. The van der Waals surface area contributed by atoms with E-state index in [1.807, 2.05) is 70.6 Å². The lowest BCUT2D eigenvalue weighted by molar-refractivity contribution is 0.0949. The summed E-state index contributed by atoms with van der Waals surface area (Å²) in [5, 5.41) is 0. The molecule has 0 atom stereocenters. The quantitative estimate of drug-likeness (QED) is 0.338. The second-order valence-corrected chi connectivity index (χ2v) is 5.33. The summed E-state index contributed by atoms with van der Waals surface area (Å²) in [7, 11) is 1.93. The fraction of sp³-hybridized carbons (Fsp3) is 0.0588. The molecule has 0 aliphatic carbocycles. The van der Waals surface area contributed by atoms with Gasteiger partial charge in [0, 0.05) is 12.6 Å². The number of para-hydroxylation sites is 2. The average molecular weight is 305 g/mol. The second-order valence-electron chi connectivity index (χ2n) is 5.33. The number of aryl methyl sites for hydroxylation is 1. The van der Waals surface area contributed by atoms with Crippen molar-refractivity contribution in [1.82, 2.24) is 19.4 Å². The topological polar surface area (TPSA) is 77.3 Å². The van der Waals surface area contributed by atoms with E-state index in [0.717, 1.165) is 16.6 Å². The Bertz CT molecular complexity index is 1030. The van der Waals surface area contributed by atoms with Crippen molar-refractivity contribution in [3.05, 3.63) is 60.3 Å². The standard InChI is InChI=1S/C17H15N5O/c1-21-12-9-5-6-10-13(12)22-15(16(23)20-18)14(19-17(21)22)11-7-3-2-4-8-11/h2-10H,18H2,1H3,(H,20,23). The minimum absolute atomic E-state index is 0.368. The molecule has 0 fully saturated rings. The Labute approximate surface area is 132 Å². The minimum atomic E-state index is -0.368. The number of hydrogen-bond acceptors (Lipinski definition) is 3. The van der Waals surface area contributed by atoms with Gasteiger partial charge in [-0.3, -0.25) is 14.6 Å². The van der Waals surface area contributed by atoms with Gasteiger partial charge in [0.25, 0.3) is 5.91 Å². The Morgan fingerprint density at radius 3 is 2.39 bits per heavy atom. The highest BCUT2D eigenvalue weighted by Gasteiger charge is 2.24. The van der Waals surface area contributed by atoms with Crippen LogP contribution in [0.3, 0.4) is 0 Å². The number of nitrogens with zero attached hydrogens (tertiary/aromatic N) is 3. The number of nitrogens with one attached hydrogen (secondary N) is 1. The summed E-state index contributed by atoms with van der Waals surface area (Å²) >= 11 is 0. The van der Waals surface area contributed by atoms with Crippen LogP contribution in [0.25, 0.3) is 28.1 Å². The fourth-order valence-electron chi connectivity index (χ4n) is 2.98. The molecule has 0 radical (unpaired) electrons. The normalized spacial score (nSPS) is 11.2. The third-order valence-electron chi connectivity index (χ3n) is 4.04. The van der Waals surface area contributed by atoms with Crippen LogP contribution in [0.15, 0.2) is 54.6 Å². The Hall–Kier alpha value is -3.12. The van der Waals surface area contributed by atoms with Gasteiger partial charge in [-0.2, -0.15) is 0 Å². The van der Waals surface area contributed by atoms with Crippen LogP contribution in [0.4, 0.5) is 0 Å². The number of aromatic nitrogens is 3. The van der Waals surface area contributed by atoms with E-state index in [0.29, 0.717) is 17.2 Å². The minimum Gasteiger partial charge on any atom is -0.313 e. The zero-order valence-electron chi connectivity index (χ0n) is 12.5. The summed E-state index contributed by atoms with van der Waals surface area (Å²) in [5.74, 6) is 5.73. The van der Waals surface area contributed by atoms with Gasteiger partial charge in [0.2, 0.25) is 5.78 Å². The van der Waals surface area contributed by atoms with Gasteiger partial charge in [0.1, 0.15) is 11.4 Å². The monoisotopic (exact) mass is 305 g/mol. The molecule has 3 N–H and O–H groups in total. The Kier molecular flexibility index (Phi) is 2.92. The molecule has 2 aromatic heterocycles. The van der Waals surface area contributed by atoms with E-state index < -0.39 is 0 Å². The summed E-state index contributed by atoms with van der Waals surface area (Å²) in [6.45, 7) is 0. The van der Waals surface area contributed by atoms with Crippen molar-refractivity contribution in [3.63, 3.8) is 0 Å². The number of amides is 1. The Morgan fingerprint density at radius 1 is 1.04 bits per heavy atom. The number of carbonyl (C=O) groups is 1. The van der Waals surface area contributed by atoms with Crippen molar-refractivity contribution in [2.45, 2.75) is 0 Å². The molecule has 4 aromatic rings. The molecule has 1 amide bonds. The van der Waals surface area contributed by atoms with E-state index in [1.165, 1.54) is 0 Å². The van der Waals surface area contributed by atoms with E-state index in [2.05, 4.69) is 5.43 Å². The second kappa shape index (κ2) is 4.96. The van der Waals surface area contributed by atoms with Crippen LogP contribution in [-0.4, -0.2) is 19.9 Å². The molecule has 0 unspecified atom stereocenters. The molecule has 0 saturated heterocycles. The summed E-state index contributed by atoms with van der Waals surface area (Å²) in [4.78, 5) is 17.1. The predicted octanol–water partition coefficient (Wildman–Crippen LogP) is 2.10. The van der Waals surface area contributed by atoms with Gasteiger partial charge in [0.15, 0.2) is 0 Å². The van der Waals surface area contributed by atoms with E-state index in [1.54, 1.807) is 0 Å². The molecule has 0 bridgehead atoms. The number of rotatable bonds is 2. The molecule has 0 saturated carbocycles. The molecule has 6 nitrogen and oxygen atoms in total. The smallest absolute Gasteiger partial charge is 0.284 e. The van der Waals surface area contributed by atoms with Crippen LogP contribution < -0.4 is 11.3 Å². The average Bonchev–Trinajstić information content (AvgIpc) is 3.12. The number of imidazole rings is 2. The summed E-state index contributed by atoms with van der Waals surface area (Å²) in [6, 6.07) is 17.5. The first-order valence-corrected chi connectivity index (χ1v) is 7.24. The van der Waals surface area contributed by atoms with Crippen molar-refractivity contribution in [2.24, 2.45) is 12.9 Å². The van der Waals surface area contributed by atoms with Crippen LogP contribution in [-0.2, 0) is 7.05 Å². The third kappa shape index (κ3) is 1.85. The highest BCUT2D eigenvalue weighted by molar-refractivity contribution is 6.01. The largest absolute Gasteiger partial charge is 0.313 e. The Morgan fingerprint density at radius 2 is 1.70 bits per heavy atom. The lowest BCUT2D eigenvalue weighted by atomic mass is 10.1. The molecular formula is C17H15N5O. The van der Waals surface area contributed by atoms with Gasteiger partial charge in [-0.25, -0.2) is 10.8 Å². The maximum atomic E-state index is 12.4. The molecule has 114 valence electrons. The van der Waals surface area contributed by atoms with Gasteiger partial charge >= 0.3 is 0 Å². The number of hydrazine groups is 1. The van der Waals surface area contributed by atoms with Crippen LogP contribution in [0.2, 0.25) is 0 Å². The van der Waals surface area contributed by atoms with E-state index in [4.69, 9.17) is 10.8 Å². The fourth-order valence-corrected chi connectivity index (χ4v) is 2.98. The van der Waals surface area contributed by atoms with E-state index in [9.17, 15) is 4.79 Å². The lowest BCUT2D eigenvalue weighted by Crippen LogP contribution is -2.31. The third-order valence-corrected chi connectivity index (χ3v) is 4.04. The number of benzene rings is 2. The first-order valence-electron chi connectivity index (χ1n) is 7.24. The SMILES string of the molecule is Cn1c2ccccc2n2c(C(=O)NN)c(-c3ccccc3)nc12. The number of nitrogen functional groups attached to an aromatic ring is 1. The highest BCUT2D eigenvalue weighted by atomic mass is 16.2. The molecule has 2 heterocycles.